The van der Waals surface area contributed by atoms with Gasteiger partial charge in [0, 0.05) is 12.8 Å². The lowest BCUT2D eigenvalue weighted by atomic mass is 9.46. The summed E-state index contributed by atoms with van der Waals surface area (Å²) < 4.78 is 11.3. The second-order valence-electron chi connectivity index (χ2n) is 8.15. The third-order valence-electron chi connectivity index (χ3n) is 6.53. The van der Waals surface area contributed by atoms with Gasteiger partial charge < -0.3 is 9.47 Å². The molecule has 1 saturated heterocycles. The predicted octanol–water partition coefficient (Wildman–Crippen LogP) is 3.56. The van der Waals surface area contributed by atoms with Gasteiger partial charge in [0.05, 0.1) is 18.8 Å². The number of carbonyl (C=O) groups is 1. The van der Waals surface area contributed by atoms with Crippen LogP contribution in [0.2, 0.25) is 0 Å². The van der Waals surface area contributed by atoms with E-state index in [4.69, 9.17) is 9.47 Å². The Bertz CT molecular complexity index is 410. The standard InChI is InChI=1S/C17H28O3/c1-12(18)19-10-14-16(4)8-5-7-15(2,3)13(16)6-9-17(14)11-20-17/h13-14H,5-11H2,1-4H3/t13-,14+,16-,17-/m1/s1. The van der Waals surface area contributed by atoms with E-state index >= 15 is 0 Å². The Morgan fingerprint density at radius 3 is 2.55 bits per heavy atom. The molecule has 0 aromatic carbocycles. The Balaban J connectivity index is 1.88. The van der Waals surface area contributed by atoms with E-state index in [-0.39, 0.29) is 17.0 Å². The van der Waals surface area contributed by atoms with Gasteiger partial charge in [0.25, 0.3) is 0 Å². The molecular formula is C17H28O3. The predicted molar refractivity (Wildman–Crippen MR) is 77.3 cm³/mol. The first-order chi connectivity index (χ1) is 9.30. The lowest BCUT2D eigenvalue weighted by Crippen LogP contribution is -2.56. The van der Waals surface area contributed by atoms with Crippen LogP contribution in [0, 0.1) is 22.7 Å². The lowest BCUT2D eigenvalue weighted by Gasteiger charge is -2.58. The lowest BCUT2D eigenvalue weighted by molar-refractivity contribution is -0.155. The summed E-state index contributed by atoms with van der Waals surface area (Å²) in [6.45, 7) is 10.2. The first kappa shape index (κ1) is 14.4. The third kappa shape index (κ3) is 2.09. The minimum atomic E-state index is -0.165. The summed E-state index contributed by atoms with van der Waals surface area (Å²) in [7, 11) is 0. The number of epoxide rings is 1. The van der Waals surface area contributed by atoms with Crippen molar-refractivity contribution in [2.45, 2.75) is 65.4 Å². The van der Waals surface area contributed by atoms with Crippen molar-refractivity contribution in [1.82, 2.24) is 0 Å². The molecule has 0 unspecified atom stereocenters. The van der Waals surface area contributed by atoms with Crippen molar-refractivity contribution in [2.24, 2.45) is 22.7 Å². The molecule has 20 heavy (non-hydrogen) atoms. The van der Waals surface area contributed by atoms with Crippen molar-refractivity contribution in [3.63, 3.8) is 0 Å². The van der Waals surface area contributed by atoms with Crippen LogP contribution in [0.4, 0.5) is 0 Å². The minimum absolute atomic E-state index is 0.0219. The molecule has 3 rings (SSSR count). The summed E-state index contributed by atoms with van der Waals surface area (Å²) in [5.41, 5.74) is 0.679. The van der Waals surface area contributed by atoms with E-state index in [2.05, 4.69) is 20.8 Å². The molecule has 0 aromatic heterocycles. The molecule has 0 N–H and O–H groups in total. The topological polar surface area (TPSA) is 38.8 Å². The van der Waals surface area contributed by atoms with Crippen LogP contribution in [0.1, 0.15) is 59.8 Å². The zero-order chi connectivity index (χ0) is 14.6. The molecule has 3 heteroatoms. The number of esters is 1. The second-order valence-corrected chi connectivity index (χ2v) is 8.15. The first-order valence-corrected chi connectivity index (χ1v) is 8.08. The Labute approximate surface area is 122 Å². The van der Waals surface area contributed by atoms with Gasteiger partial charge in [-0.2, -0.15) is 0 Å². The maximum absolute atomic E-state index is 11.2. The zero-order valence-electron chi connectivity index (χ0n) is 13.3. The molecule has 0 radical (unpaired) electrons. The molecule has 0 aromatic rings. The van der Waals surface area contributed by atoms with Gasteiger partial charge in [-0.3, -0.25) is 4.79 Å². The molecule has 0 amide bonds. The van der Waals surface area contributed by atoms with E-state index in [0.717, 1.165) is 18.9 Å². The summed E-state index contributed by atoms with van der Waals surface area (Å²) >= 11 is 0. The van der Waals surface area contributed by atoms with Gasteiger partial charge in [0.1, 0.15) is 0 Å². The van der Waals surface area contributed by atoms with Crippen molar-refractivity contribution in [3.05, 3.63) is 0 Å². The van der Waals surface area contributed by atoms with Crippen LogP contribution in [-0.2, 0) is 14.3 Å². The molecule has 3 aliphatic rings. The number of fused-ring (bicyclic) bond motifs is 1. The molecule has 3 nitrogen and oxygen atoms in total. The molecular weight excluding hydrogens is 252 g/mol. The number of rotatable bonds is 2. The minimum Gasteiger partial charge on any atom is -0.465 e. The van der Waals surface area contributed by atoms with Gasteiger partial charge in [0.2, 0.25) is 0 Å². The number of ether oxygens (including phenoxy) is 2. The van der Waals surface area contributed by atoms with E-state index in [0.29, 0.717) is 17.9 Å². The van der Waals surface area contributed by atoms with Crippen molar-refractivity contribution in [2.75, 3.05) is 13.2 Å². The second kappa shape index (κ2) is 4.46. The molecule has 0 bridgehead atoms. The maximum atomic E-state index is 11.2. The summed E-state index contributed by atoms with van der Waals surface area (Å²) in [6.07, 6.45) is 6.26. The molecule has 1 spiro atoms. The Morgan fingerprint density at radius 1 is 1.25 bits per heavy atom. The fourth-order valence-electron chi connectivity index (χ4n) is 5.45. The zero-order valence-corrected chi connectivity index (χ0v) is 13.3. The number of hydrogen-bond donors (Lipinski definition) is 0. The maximum Gasteiger partial charge on any atom is 0.302 e. The van der Waals surface area contributed by atoms with Crippen LogP contribution >= 0.6 is 0 Å². The van der Waals surface area contributed by atoms with Crippen LogP contribution in [-0.4, -0.2) is 24.8 Å². The van der Waals surface area contributed by atoms with E-state index in [1.165, 1.54) is 32.6 Å². The number of hydrogen-bond acceptors (Lipinski definition) is 3. The van der Waals surface area contributed by atoms with Crippen molar-refractivity contribution in [3.8, 4) is 0 Å². The van der Waals surface area contributed by atoms with Gasteiger partial charge in [-0.25, -0.2) is 0 Å². The molecule has 2 aliphatic carbocycles. The quantitative estimate of drug-likeness (QED) is 0.573. The van der Waals surface area contributed by atoms with E-state index in [1.807, 2.05) is 0 Å². The van der Waals surface area contributed by atoms with E-state index < -0.39 is 0 Å². The van der Waals surface area contributed by atoms with Crippen molar-refractivity contribution < 1.29 is 14.3 Å². The molecule has 3 fully saturated rings. The van der Waals surface area contributed by atoms with E-state index in [9.17, 15) is 4.79 Å². The fraction of sp³-hybridized carbons (Fsp3) is 0.941. The summed E-state index contributed by atoms with van der Waals surface area (Å²) in [6, 6.07) is 0. The summed E-state index contributed by atoms with van der Waals surface area (Å²) in [5, 5.41) is 0. The average molecular weight is 280 g/mol. The van der Waals surface area contributed by atoms with Crippen LogP contribution in [0.3, 0.4) is 0 Å². The van der Waals surface area contributed by atoms with Crippen molar-refractivity contribution in [1.29, 1.82) is 0 Å². The van der Waals surface area contributed by atoms with Gasteiger partial charge in [0.15, 0.2) is 0 Å². The summed E-state index contributed by atoms with van der Waals surface area (Å²) in [5.74, 6) is 0.929. The molecule has 114 valence electrons. The molecule has 1 heterocycles. The van der Waals surface area contributed by atoms with Gasteiger partial charge in [-0.15, -0.1) is 0 Å². The Hall–Kier alpha value is -0.570. The highest BCUT2D eigenvalue weighted by molar-refractivity contribution is 5.65. The molecule has 2 saturated carbocycles. The Morgan fingerprint density at radius 2 is 1.95 bits per heavy atom. The van der Waals surface area contributed by atoms with Crippen LogP contribution in [0.15, 0.2) is 0 Å². The van der Waals surface area contributed by atoms with Crippen LogP contribution in [0.25, 0.3) is 0 Å². The average Bonchev–Trinajstić information content (AvgIpc) is 3.07. The third-order valence-corrected chi connectivity index (χ3v) is 6.53. The Kier molecular flexibility index (Phi) is 3.20. The van der Waals surface area contributed by atoms with Crippen LogP contribution < -0.4 is 0 Å². The molecule has 4 atom stereocenters. The van der Waals surface area contributed by atoms with Gasteiger partial charge >= 0.3 is 5.97 Å². The highest BCUT2D eigenvalue weighted by atomic mass is 16.6. The highest BCUT2D eigenvalue weighted by Gasteiger charge is 2.65. The monoisotopic (exact) mass is 280 g/mol. The SMILES string of the molecule is CC(=O)OC[C@@H]1[C@@]2(CC[C@@H]3C(C)(C)CCC[C@]31C)CO2. The van der Waals surface area contributed by atoms with Gasteiger partial charge in [-0.1, -0.05) is 27.2 Å². The van der Waals surface area contributed by atoms with Gasteiger partial charge in [-0.05, 0) is 42.4 Å². The van der Waals surface area contributed by atoms with Crippen LogP contribution in [0.5, 0.6) is 0 Å². The summed E-state index contributed by atoms with van der Waals surface area (Å²) in [4.78, 5) is 11.2. The number of carbonyl (C=O) groups excluding carboxylic acids is 1. The highest BCUT2D eigenvalue weighted by Crippen LogP contribution is 2.65. The molecule has 1 aliphatic heterocycles. The fourth-order valence-corrected chi connectivity index (χ4v) is 5.45. The normalized spacial score (nSPS) is 45.8. The smallest absolute Gasteiger partial charge is 0.302 e. The van der Waals surface area contributed by atoms with E-state index in [1.54, 1.807) is 0 Å². The first-order valence-electron chi connectivity index (χ1n) is 8.08. The largest absolute Gasteiger partial charge is 0.465 e. The van der Waals surface area contributed by atoms with Crippen molar-refractivity contribution >= 4 is 5.97 Å².